The molecule has 1 N–H and O–H groups in total. The van der Waals surface area contributed by atoms with E-state index >= 15 is 0 Å². The molecule has 0 aromatic heterocycles. The van der Waals surface area contributed by atoms with E-state index in [0.717, 1.165) is 48.8 Å². The third-order valence-electron chi connectivity index (χ3n) is 8.58. The molecule has 0 unspecified atom stereocenters. The minimum absolute atomic E-state index is 0.0457. The number of carbonyl (C=O) groups excluding carboxylic acids is 2. The van der Waals surface area contributed by atoms with Crippen molar-refractivity contribution >= 4 is 50.7 Å². The summed E-state index contributed by atoms with van der Waals surface area (Å²) in [6.45, 7) is 4.07. The fourth-order valence-electron chi connectivity index (χ4n) is 5.92. The number of amides is 2. The monoisotopic (exact) mass is 671 g/mol. The van der Waals surface area contributed by atoms with Crippen molar-refractivity contribution in [2.75, 3.05) is 17.1 Å². The number of carbonyl (C=O) groups is 2. The second kappa shape index (κ2) is 16.0. The van der Waals surface area contributed by atoms with Crippen molar-refractivity contribution in [3.05, 3.63) is 99.0 Å². The molecule has 0 heterocycles. The molecule has 7 nitrogen and oxygen atoms in total. The summed E-state index contributed by atoms with van der Waals surface area (Å²) in [7, 11) is -3.61. The van der Waals surface area contributed by atoms with Gasteiger partial charge in [0.25, 0.3) is 0 Å². The Morgan fingerprint density at radius 2 is 1.67 bits per heavy atom. The van der Waals surface area contributed by atoms with Crippen LogP contribution in [0.1, 0.15) is 67.2 Å². The summed E-state index contributed by atoms with van der Waals surface area (Å²) in [4.78, 5) is 29.8. The van der Waals surface area contributed by atoms with Crippen molar-refractivity contribution in [3.8, 4) is 0 Å². The Labute approximate surface area is 278 Å². The van der Waals surface area contributed by atoms with Crippen molar-refractivity contribution in [3.63, 3.8) is 0 Å². The number of aryl methyl sites for hydroxylation is 1. The molecule has 242 valence electrons. The molecule has 3 aromatic rings. The molecule has 4 rings (SSSR count). The summed E-state index contributed by atoms with van der Waals surface area (Å²) in [5.41, 5.74) is 4.06. The summed E-state index contributed by atoms with van der Waals surface area (Å²) in [6.07, 6.45) is 6.94. The molecule has 0 saturated heterocycles. The van der Waals surface area contributed by atoms with Gasteiger partial charge in [0.1, 0.15) is 6.04 Å². The molecule has 1 saturated carbocycles. The van der Waals surface area contributed by atoms with Crippen molar-refractivity contribution < 1.29 is 18.0 Å². The minimum atomic E-state index is -3.61. The van der Waals surface area contributed by atoms with Crippen molar-refractivity contribution in [1.29, 1.82) is 0 Å². The SMILES string of the molecule is Cc1cccc(N(CCCC(=O)N(Cc2ccc(Cl)cc2Cl)[C@H](Cc2ccccc2)C(=O)NC2CCCCC2)S(C)(=O)=O)c1C. The summed E-state index contributed by atoms with van der Waals surface area (Å²) in [6, 6.07) is 19.6. The molecule has 45 heavy (non-hydrogen) atoms. The van der Waals surface area contributed by atoms with Crippen LogP contribution in [0.4, 0.5) is 5.69 Å². The highest BCUT2D eigenvalue weighted by molar-refractivity contribution is 7.92. The molecule has 10 heteroatoms. The van der Waals surface area contributed by atoms with Gasteiger partial charge in [-0.3, -0.25) is 13.9 Å². The van der Waals surface area contributed by atoms with Gasteiger partial charge in [-0.15, -0.1) is 0 Å². The maximum Gasteiger partial charge on any atom is 0.243 e. The van der Waals surface area contributed by atoms with Crippen LogP contribution in [0.3, 0.4) is 0 Å². The lowest BCUT2D eigenvalue weighted by Crippen LogP contribution is -2.53. The molecule has 1 aliphatic carbocycles. The third kappa shape index (κ3) is 9.71. The van der Waals surface area contributed by atoms with E-state index in [2.05, 4.69) is 5.32 Å². The second-order valence-corrected chi connectivity index (χ2v) is 14.7. The predicted octanol–water partition coefficient (Wildman–Crippen LogP) is 7.25. The van der Waals surface area contributed by atoms with E-state index in [0.29, 0.717) is 27.7 Å². The van der Waals surface area contributed by atoms with Crippen molar-refractivity contribution in [1.82, 2.24) is 10.2 Å². The molecule has 3 aromatic carbocycles. The topological polar surface area (TPSA) is 86.8 Å². The van der Waals surface area contributed by atoms with Crippen LogP contribution in [0.15, 0.2) is 66.7 Å². The number of hydrogen-bond acceptors (Lipinski definition) is 4. The van der Waals surface area contributed by atoms with E-state index in [1.807, 2.05) is 56.3 Å². The molecule has 0 spiro atoms. The van der Waals surface area contributed by atoms with E-state index in [4.69, 9.17) is 23.2 Å². The average Bonchev–Trinajstić information content (AvgIpc) is 3.00. The fourth-order valence-corrected chi connectivity index (χ4v) is 7.40. The third-order valence-corrected chi connectivity index (χ3v) is 10.3. The summed E-state index contributed by atoms with van der Waals surface area (Å²) >= 11 is 12.7. The van der Waals surface area contributed by atoms with Crippen LogP contribution >= 0.6 is 23.2 Å². The largest absolute Gasteiger partial charge is 0.352 e. The second-order valence-electron chi connectivity index (χ2n) is 12.0. The number of benzene rings is 3. The normalized spacial score (nSPS) is 14.5. The van der Waals surface area contributed by atoms with E-state index in [9.17, 15) is 18.0 Å². The summed E-state index contributed by atoms with van der Waals surface area (Å²) in [5.74, 6) is -0.451. The predicted molar refractivity (Wildman–Crippen MR) is 183 cm³/mol. The molecule has 0 radical (unpaired) electrons. The van der Waals surface area contributed by atoms with Crippen molar-refractivity contribution in [2.24, 2.45) is 0 Å². The van der Waals surface area contributed by atoms with Gasteiger partial charge in [0, 0.05) is 42.0 Å². The Morgan fingerprint density at radius 1 is 0.956 bits per heavy atom. The molecule has 2 amide bonds. The molecular weight excluding hydrogens is 629 g/mol. The molecule has 1 aliphatic rings. The Bertz CT molecular complexity index is 1580. The first-order valence-corrected chi connectivity index (χ1v) is 18.2. The van der Waals surface area contributed by atoms with Crippen LogP contribution < -0.4 is 9.62 Å². The number of halogens is 2. The number of nitrogens with zero attached hydrogens (tertiary/aromatic N) is 2. The van der Waals surface area contributed by atoms with Gasteiger partial charge in [-0.05, 0) is 73.6 Å². The van der Waals surface area contributed by atoms with Crippen LogP contribution in [0.5, 0.6) is 0 Å². The van der Waals surface area contributed by atoms with Crippen LogP contribution in [0, 0.1) is 13.8 Å². The first-order chi connectivity index (χ1) is 21.4. The fraction of sp³-hybridized carbons (Fsp3) is 0.429. The molecular formula is C35H43Cl2N3O4S. The highest BCUT2D eigenvalue weighted by Gasteiger charge is 2.32. The number of rotatable bonds is 13. The maximum atomic E-state index is 14.2. The van der Waals surface area contributed by atoms with Gasteiger partial charge in [-0.2, -0.15) is 0 Å². The van der Waals surface area contributed by atoms with Gasteiger partial charge in [0.15, 0.2) is 0 Å². The van der Waals surface area contributed by atoms with Crippen LogP contribution in [-0.2, 0) is 32.6 Å². The quantitative estimate of drug-likeness (QED) is 0.207. The van der Waals surface area contributed by atoms with Gasteiger partial charge < -0.3 is 10.2 Å². The first-order valence-electron chi connectivity index (χ1n) is 15.6. The summed E-state index contributed by atoms with van der Waals surface area (Å²) in [5, 5.41) is 4.12. The lowest BCUT2D eigenvalue weighted by molar-refractivity contribution is -0.141. The maximum absolute atomic E-state index is 14.2. The zero-order valence-corrected chi connectivity index (χ0v) is 28.6. The Kier molecular flexibility index (Phi) is 12.3. The smallest absolute Gasteiger partial charge is 0.243 e. The highest BCUT2D eigenvalue weighted by atomic mass is 35.5. The van der Waals surface area contributed by atoms with Gasteiger partial charge >= 0.3 is 0 Å². The Balaban J connectivity index is 1.63. The van der Waals surface area contributed by atoms with E-state index in [-0.39, 0.29) is 43.8 Å². The van der Waals surface area contributed by atoms with E-state index in [1.54, 1.807) is 29.2 Å². The zero-order valence-electron chi connectivity index (χ0n) is 26.3. The lowest BCUT2D eigenvalue weighted by atomic mass is 9.94. The highest BCUT2D eigenvalue weighted by Crippen LogP contribution is 2.27. The number of sulfonamides is 1. The molecule has 0 bridgehead atoms. The molecule has 1 fully saturated rings. The van der Waals surface area contributed by atoms with Gasteiger partial charge in [0.05, 0.1) is 11.9 Å². The molecule has 0 aliphatic heterocycles. The van der Waals surface area contributed by atoms with Gasteiger partial charge in [-0.1, -0.05) is 91.0 Å². The van der Waals surface area contributed by atoms with Crippen LogP contribution in [0.2, 0.25) is 10.0 Å². The average molecular weight is 673 g/mol. The van der Waals surface area contributed by atoms with Crippen molar-refractivity contribution in [2.45, 2.75) is 83.8 Å². The molecule has 1 atom stereocenters. The number of hydrogen-bond donors (Lipinski definition) is 1. The van der Waals surface area contributed by atoms with E-state index in [1.165, 1.54) is 10.6 Å². The van der Waals surface area contributed by atoms with E-state index < -0.39 is 16.1 Å². The van der Waals surface area contributed by atoms with Gasteiger partial charge in [-0.25, -0.2) is 8.42 Å². The Hall–Kier alpha value is -3.07. The van der Waals surface area contributed by atoms with Gasteiger partial charge in [0.2, 0.25) is 21.8 Å². The summed E-state index contributed by atoms with van der Waals surface area (Å²) < 4.78 is 27.1. The van der Waals surface area contributed by atoms with Crippen LogP contribution in [-0.4, -0.2) is 50.0 Å². The van der Waals surface area contributed by atoms with Crippen LogP contribution in [0.25, 0.3) is 0 Å². The Morgan fingerprint density at radius 3 is 2.33 bits per heavy atom. The standard InChI is InChI=1S/C35H43Cl2N3O4S/c1-25-12-10-17-32(26(25)2)40(45(3,43)44)21-11-18-34(41)39(24-28-19-20-29(36)23-31(28)37)33(22-27-13-6-4-7-14-27)35(42)38-30-15-8-5-9-16-30/h4,6-7,10,12-14,17,19-20,23,30,33H,5,8-9,11,15-16,18,21-22,24H2,1-3H3,(H,38,42)/t33-/m1/s1. The zero-order chi connectivity index (χ0) is 32.6. The number of nitrogens with one attached hydrogen (secondary N) is 1. The first kappa shape index (κ1) is 34.8. The minimum Gasteiger partial charge on any atom is -0.352 e. The lowest BCUT2D eigenvalue weighted by Gasteiger charge is -2.34. The number of anilines is 1.